The normalized spacial score (nSPS) is 18.7. The fourth-order valence-electron chi connectivity index (χ4n) is 2.31. The highest BCUT2D eigenvalue weighted by Crippen LogP contribution is 2.29. The van der Waals surface area contributed by atoms with Gasteiger partial charge in [0, 0.05) is 24.8 Å². The molecule has 112 valence electrons. The van der Waals surface area contributed by atoms with Crippen LogP contribution in [-0.2, 0) is 16.4 Å². The number of nitrogens with zero attached hydrogens (tertiary/aromatic N) is 1. The van der Waals surface area contributed by atoms with Gasteiger partial charge in [0.25, 0.3) is 0 Å². The highest BCUT2D eigenvalue weighted by Gasteiger charge is 2.23. The van der Waals surface area contributed by atoms with Gasteiger partial charge in [-0.3, -0.25) is 4.98 Å². The fourth-order valence-corrected chi connectivity index (χ4v) is 3.80. The van der Waals surface area contributed by atoms with Crippen molar-refractivity contribution in [3.63, 3.8) is 0 Å². The van der Waals surface area contributed by atoms with Crippen LogP contribution >= 0.6 is 0 Å². The van der Waals surface area contributed by atoms with Gasteiger partial charge < -0.3 is 14.8 Å². The molecule has 1 aliphatic rings. The van der Waals surface area contributed by atoms with Gasteiger partial charge in [-0.15, -0.1) is 0 Å². The summed E-state index contributed by atoms with van der Waals surface area (Å²) in [6, 6.07) is 1.95. The van der Waals surface area contributed by atoms with Crippen LogP contribution in [0.1, 0.15) is 18.5 Å². The second kappa shape index (κ2) is 6.41. The Hall–Kier alpha value is -1.34. The number of sulfone groups is 1. The third-order valence-corrected chi connectivity index (χ3v) is 5.19. The summed E-state index contributed by atoms with van der Waals surface area (Å²) in [5.74, 6) is 1.78. The Morgan fingerprint density at radius 3 is 2.60 bits per heavy atom. The van der Waals surface area contributed by atoms with E-state index in [1.807, 2.05) is 0 Å². The number of rotatable bonds is 5. The van der Waals surface area contributed by atoms with Crippen LogP contribution in [0.25, 0.3) is 0 Å². The smallest absolute Gasteiger partial charge is 0.183 e. The van der Waals surface area contributed by atoms with Crippen LogP contribution in [0.5, 0.6) is 11.5 Å². The maximum atomic E-state index is 11.4. The minimum atomic E-state index is -2.82. The third-order valence-electron chi connectivity index (χ3n) is 3.48. The average molecular weight is 300 g/mol. The molecule has 0 amide bonds. The molecular formula is C13H20N2O4S. The van der Waals surface area contributed by atoms with Gasteiger partial charge in [0.1, 0.15) is 9.84 Å². The zero-order valence-electron chi connectivity index (χ0n) is 11.8. The molecule has 2 rings (SSSR count). The van der Waals surface area contributed by atoms with E-state index in [4.69, 9.17) is 9.47 Å². The average Bonchev–Trinajstić information content (AvgIpc) is 2.45. The lowest BCUT2D eigenvalue weighted by molar-refractivity contribution is 0.346. The molecule has 7 heteroatoms. The van der Waals surface area contributed by atoms with E-state index in [0.717, 1.165) is 5.69 Å². The summed E-state index contributed by atoms with van der Waals surface area (Å²) in [5, 5.41) is 3.34. The first-order chi connectivity index (χ1) is 9.55. The van der Waals surface area contributed by atoms with Crippen LogP contribution in [0, 0.1) is 0 Å². The summed E-state index contributed by atoms with van der Waals surface area (Å²) >= 11 is 0. The van der Waals surface area contributed by atoms with Gasteiger partial charge in [0.15, 0.2) is 11.5 Å². The van der Waals surface area contributed by atoms with E-state index in [9.17, 15) is 8.42 Å². The zero-order valence-corrected chi connectivity index (χ0v) is 12.6. The molecule has 0 aliphatic carbocycles. The number of methoxy groups -OCH3 is 2. The zero-order chi connectivity index (χ0) is 14.6. The minimum absolute atomic E-state index is 0.205. The molecule has 1 aromatic heterocycles. The SMILES string of the molecule is COc1ccnc(CNC2CCS(=O)(=O)CC2)c1OC. The maximum Gasteiger partial charge on any atom is 0.183 e. The van der Waals surface area contributed by atoms with Crippen LogP contribution in [0.4, 0.5) is 0 Å². The highest BCUT2D eigenvalue weighted by atomic mass is 32.2. The van der Waals surface area contributed by atoms with E-state index in [2.05, 4.69) is 10.3 Å². The minimum Gasteiger partial charge on any atom is -0.493 e. The summed E-state index contributed by atoms with van der Waals surface area (Å²) in [6.07, 6.45) is 2.97. The second-order valence-corrected chi connectivity index (χ2v) is 7.10. The number of hydrogen-bond acceptors (Lipinski definition) is 6. The van der Waals surface area contributed by atoms with Crippen molar-refractivity contribution in [1.82, 2.24) is 10.3 Å². The number of nitrogens with one attached hydrogen (secondary N) is 1. The fraction of sp³-hybridized carbons (Fsp3) is 0.615. The lowest BCUT2D eigenvalue weighted by Gasteiger charge is -2.23. The lowest BCUT2D eigenvalue weighted by atomic mass is 10.1. The summed E-state index contributed by atoms with van der Waals surface area (Å²) in [4.78, 5) is 4.29. The molecular weight excluding hydrogens is 280 g/mol. The van der Waals surface area contributed by atoms with Crippen LogP contribution in [0.3, 0.4) is 0 Å². The topological polar surface area (TPSA) is 77.5 Å². The molecule has 1 N–H and O–H groups in total. The summed E-state index contributed by atoms with van der Waals surface area (Å²) in [5.41, 5.74) is 0.764. The van der Waals surface area contributed by atoms with Crippen LogP contribution < -0.4 is 14.8 Å². The van der Waals surface area contributed by atoms with E-state index in [-0.39, 0.29) is 17.5 Å². The quantitative estimate of drug-likeness (QED) is 0.865. The molecule has 0 unspecified atom stereocenters. The molecule has 2 heterocycles. The van der Waals surface area contributed by atoms with Crippen molar-refractivity contribution in [3.8, 4) is 11.5 Å². The molecule has 1 aliphatic heterocycles. The largest absolute Gasteiger partial charge is 0.493 e. The highest BCUT2D eigenvalue weighted by molar-refractivity contribution is 7.91. The molecule has 0 atom stereocenters. The van der Waals surface area contributed by atoms with Crippen molar-refractivity contribution in [1.29, 1.82) is 0 Å². The Kier molecular flexibility index (Phi) is 4.82. The van der Waals surface area contributed by atoms with Crippen molar-refractivity contribution in [2.45, 2.75) is 25.4 Å². The van der Waals surface area contributed by atoms with Gasteiger partial charge in [-0.1, -0.05) is 0 Å². The predicted octanol–water partition coefficient (Wildman–Crippen LogP) is 0.766. The Morgan fingerprint density at radius 1 is 1.30 bits per heavy atom. The van der Waals surface area contributed by atoms with Gasteiger partial charge in [-0.05, 0) is 12.8 Å². The van der Waals surface area contributed by atoms with Gasteiger partial charge in [0.2, 0.25) is 0 Å². The molecule has 0 saturated carbocycles. The number of hydrogen-bond donors (Lipinski definition) is 1. The van der Waals surface area contributed by atoms with Gasteiger partial charge >= 0.3 is 0 Å². The summed E-state index contributed by atoms with van der Waals surface area (Å²) < 4.78 is 33.3. The van der Waals surface area contributed by atoms with Crippen LogP contribution in [-0.4, -0.2) is 45.2 Å². The van der Waals surface area contributed by atoms with Gasteiger partial charge in [0.05, 0.1) is 31.4 Å². The van der Waals surface area contributed by atoms with E-state index in [1.54, 1.807) is 26.5 Å². The Bertz CT molecular complexity index is 545. The van der Waals surface area contributed by atoms with E-state index in [0.29, 0.717) is 30.9 Å². The Morgan fingerprint density at radius 2 is 2.00 bits per heavy atom. The molecule has 0 radical (unpaired) electrons. The number of pyridine rings is 1. The predicted molar refractivity (Wildman–Crippen MR) is 75.9 cm³/mol. The molecule has 1 fully saturated rings. The van der Waals surface area contributed by atoms with Crippen molar-refractivity contribution in [2.75, 3.05) is 25.7 Å². The molecule has 1 saturated heterocycles. The maximum absolute atomic E-state index is 11.4. The standard InChI is InChI=1S/C13H20N2O4S/c1-18-12-3-6-14-11(13(12)19-2)9-15-10-4-7-20(16,17)8-5-10/h3,6,10,15H,4-5,7-9H2,1-2H3. The molecule has 0 spiro atoms. The van der Waals surface area contributed by atoms with E-state index in [1.165, 1.54) is 0 Å². The van der Waals surface area contributed by atoms with E-state index < -0.39 is 9.84 Å². The first kappa shape index (κ1) is 15.1. The third kappa shape index (κ3) is 3.61. The van der Waals surface area contributed by atoms with Gasteiger partial charge in [-0.25, -0.2) is 8.42 Å². The first-order valence-corrected chi connectivity index (χ1v) is 8.37. The number of ether oxygens (including phenoxy) is 2. The molecule has 0 bridgehead atoms. The lowest BCUT2D eigenvalue weighted by Crippen LogP contribution is -2.37. The van der Waals surface area contributed by atoms with Crippen LogP contribution in [0.15, 0.2) is 12.3 Å². The van der Waals surface area contributed by atoms with E-state index >= 15 is 0 Å². The summed E-state index contributed by atoms with van der Waals surface area (Å²) in [6.45, 7) is 0.533. The Labute approximate surface area is 119 Å². The van der Waals surface area contributed by atoms with Gasteiger partial charge in [-0.2, -0.15) is 0 Å². The molecule has 0 aromatic carbocycles. The Balaban J connectivity index is 1.98. The van der Waals surface area contributed by atoms with Crippen molar-refractivity contribution in [2.24, 2.45) is 0 Å². The molecule has 20 heavy (non-hydrogen) atoms. The molecule has 1 aromatic rings. The number of aromatic nitrogens is 1. The molecule has 6 nitrogen and oxygen atoms in total. The van der Waals surface area contributed by atoms with Crippen molar-refractivity contribution < 1.29 is 17.9 Å². The van der Waals surface area contributed by atoms with Crippen LogP contribution in [0.2, 0.25) is 0 Å². The monoisotopic (exact) mass is 300 g/mol. The first-order valence-electron chi connectivity index (χ1n) is 6.55. The van der Waals surface area contributed by atoms with Crippen molar-refractivity contribution >= 4 is 9.84 Å². The second-order valence-electron chi connectivity index (χ2n) is 4.80. The van der Waals surface area contributed by atoms with Crippen molar-refractivity contribution in [3.05, 3.63) is 18.0 Å². The summed E-state index contributed by atoms with van der Waals surface area (Å²) in [7, 11) is 0.342.